The van der Waals surface area contributed by atoms with Gasteiger partial charge in [0.2, 0.25) is 0 Å². The summed E-state index contributed by atoms with van der Waals surface area (Å²) in [5.41, 5.74) is 10.9. The van der Waals surface area contributed by atoms with Crippen LogP contribution in [0.5, 0.6) is 0 Å². The molecule has 19 atom stereocenters. The van der Waals surface area contributed by atoms with Crippen LogP contribution < -0.4 is 0 Å². The van der Waals surface area contributed by atoms with E-state index in [9.17, 15) is 15.4 Å². The molecule has 368 valence electrons. The molecule has 2 aromatic rings. The van der Waals surface area contributed by atoms with E-state index >= 15 is 0 Å². The van der Waals surface area contributed by atoms with Crippen LogP contribution in [0.15, 0.2) is 65.8 Å². The van der Waals surface area contributed by atoms with E-state index in [0.29, 0.717) is 26.1 Å². The molecule has 0 saturated carbocycles. The fourth-order valence-electron chi connectivity index (χ4n) is 9.50. The third-order valence-electron chi connectivity index (χ3n) is 13.7. The molecule has 4 aliphatic heterocycles. The molecular formula is C50H75N3O13. The maximum absolute atomic E-state index is 12.5. The predicted molar refractivity (Wildman–Crippen MR) is 243 cm³/mol. The van der Waals surface area contributed by atoms with Gasteiger partial charge in [-0.1, -0.05) is 107 Å². The van der Waals surface area contributed by atoms with Gasteiger partial charge in [-0.3, -0.25) is 0 Å². The SMILES string of the molecule is CCC1O[C@H](O[C@@H]2C(C)O[C@@H](OCC(=O)OC(C)(C)C)C[C@@H]2OCc2ccccc2)C(C)[C@@H](C)[C@@H]1O[C@@H]1OC(C)[C@@H](O[C@@H]2OC(CO)[C@@H](C)[C@H](C)C2N=[N+]=[N-])[C@@H](OCc2ccccc2)C1C. The second-order valence-electron chi connectivity index (χ2n) is 19.7. The number of rotatable bonds is 18. The van der Waals surface area contributed by atoms with Crippen molar-refractivity contribution in [2.45, 2.75) is 194 Å². The molecular weight excluding hydrogens is 851 g/mol. The van der Waals surface area contributed by atoms with Crippen LogP contribution in [0, 0.1) is 29.6 Å². The van der Waals surface area contributed by atoms with E-state index in [1.807, 2.05) is 116 Å². The van der Waals surface area contributed by atoms with Gasteiger partial charge in [-0.05, 0) is 75.5 Å². The van der Waals surface area contributed by atoms with Gasteiger partial charge in [-0.2, -0.15) is 0 Å². The van der Waals surface area contributed by atoms with Crippen molar-refractivity contribution >= 4 is 5.97 Å². The zero-order valence-corrected chi connectivity index (χ0v) is 40.7. The van der Waals surface area contributed by atoms with Gasteiger partial charge in [0.25, 0.3) is 0 Å². The van der Waals surface area contributed by atoms with Crippen molar-refractivity contribution in [3.8, 4) is 0 Å². The molecule has 0 spiro atoms. The molecule has 4 saturated heterocycles. The first-order valence-electron chi connectivity index (χ1n) is 23.9. The van der Waals surface area contributed by atoms with E-state index < -0.39 is 85.5 Å². The molecule has 0 aliphatic carbocycles. The smallest absolute Gasteiger partial charge is 0.332 e. The van der Waals surface area contributed by atoms with E-state index in [1.165, 1.54) is 0 Å². The number of benzene rings is 2. The monoisotopic (exact) mass is 926 g/mol. The van der Waals surface area contributed by atoms with Crippen LogP contribution in [0.25, 0.3) is 10.4 Å². The molecule has 7 unspecified atom stereocenters. The highest BCUT2D eigenvalue weighted by molar-refractivity contribution is 5.71. The van der Waals surface area contributed by atoms with Gasteiger partial charge in [0.05, 0.1) is 68.6 Å². The number of carbonyl (C=O) groups is 1. The Bertz CT molecular complexity index is 1830. The van der Waals surface area contributed by atoms with E-state index in [0.717, 1.165) is 11.1 Å². The molecule has 4 aliphatic rings. The molecule has 4 heterocycles. The summed E-state index contributed by atoms with van der Waals surface area (Å²) < 4.78 is 71.6. The summed E-state index contributed by atoms with van der Waals surface area (Å²) in [6.07, 6.45) is -6.31. The van der Waals surface area contributed by atoms with Crippen LogP contribution in [-0.2, 0) is 70.1 Å². The van der Waals surface area contributed by atoms with Crippen LogP contribution in [0.1, 0.15) is 100 Å². The first-order chi connectivity index (χ1) is 31.5. The molecule has 66 heavy (non-hydrogen) atoms. The fourth-order valence-corrected chi connectivity index (χ4v) is 9.50. The average molecular weight is 926 g/mol. The lowest BCUT2D eigenvalue weighted by Gasteiger charge is -2.51. The number of aliphatic hydroxyl groups is 1. The van der Waals surface area contributed by atoms with Gasteiger partial charge in [0.1, 0.15) is 24.4 Å². The van der Waals surface area contributed by atoms with Crippen LogP contribution in [0.4, 0.5) is 0 Å². The van der Waals surface area contributed by atoms with Crippen LogP contribution in [0.3, 0.4) is 0 Å². The highest BCUT2D eigenvalue weighted by Gasteiger charge is 2.52. The van der Waals surface area contributed by atoms with Gasteiger partial charge < -0.3 is 57.2 Å². The van der Waals surface area contributed by atoms with Crippen molar-refractivity contribution in [1.82, 2.24) is 0 Å². The lowest BCUT2D eigenvalue weighted by Crippen LogP contribution is -2.61. The fraction of sp³-hybridized carbons (Fsp3) is 0.740. The minimum atomic E-state index is -0.932. The van der Waals surface area contributed by atoms with Crippen molar-refractivity contribution in [2.24, 2.45) is 34.7 Å². The number of hydrogen-bond donors (Lipinski definition) is 1. The minimum absolute atomic E-state index is 0.0370. The lowest BCUT2D eigenvalue weighted by molar-refractivity contribution is -0.362. The summed E-state index contributed by atoms with van der Waals surface area (Å²) in [6.45, 7) is 21.8. The van der Waals surface area contributed by atoms with Crippen molar-refractivity contribution in [3.63, 3.8) is 0 Å². The summed E-state index contributed by atoms with van der Waals surface area (Å²) in [5, 5.41) is 14.3. The number of nitrogens with zero attached hydrogens (tertiary/aromatic N) is 3. The molecule has 0 aromatic heterocycles. The van der Waals surface area contributed by atoms with Crippen molar-refractivity contribution < 1.29 is 62.0 Å². The van der Waals surface area contributed by atoms with Crippen LogP contribution in [-0.4, -0.2) is 116 Å². The summed E-state index contributed by atoms with van der Waals surface area (Å²) in [5.74, 6) is -1.15. The molecule has 1 N–H and O–H groups in total. The molecule has 0 amide bonds. The van der Waals surface area contributed by atoms with Crippen LogP contribution in [0.2, 0.25) is 0 Å². The highest BCUT2D eigenvalue weighted by Crippen LogP contribution is 2.42. The molecule has 2 aromatic carbocycles. The number of carbonyl (C=O) groups excluding carboxylic acids is 1. The first kappa shape index (κ1) is 52.2. The zero-order chi connectivity index (χ0) is 47.7. The second-order valence-corrected chi connectivity index (χ2v) is 19.7. The van der Waals surface area contributed by atoms with Gasteiger partial charge in [0.15, 0.2) is 25.2 Å². The molecule has 0 radical (unpaired) electrons. The van der Waals surface area contributed by atoms with Gasteiger partial charge in [0, 0.05) is 23.2 Å². The summed E-state index contributed by atoms with van der Waals surface area (Å²) in [6, 6.07) is 19.2. The maximum atomic E-state index is 12.5. The van der Waals surface area contributed by atoms with Crippen molar-refractivity contribution in [1.29, 1.82) is 0 Å². The molecule has 16 nitrogen and oxygen atoms in total. The maximum Gasteiger partial charge on any atom is 0.332 e. The van der Waals surface area contributed by atoms with Crippen molar-refractivity contribution in [3.05, 3.63) is 82.2 Å². The summed E-state index contributed by atoms with van der Waals surface area (Å²) in [4.78, 5) is 15.7. The molecule has 0 bridgehead atoms. The van der Waals surface area contributed by atoms with Gasteiger partial charge >= 0.3 is 5.97 Å². The van der Waals surface area contributed by atoms with E-state index in [2.05, 4.69) is 30.8 Å². The Morgan fingerprint density at radius 2 is 1.26 bits per heavy atom. The Morgan fingerprint density at radius 1 is 0.682 bits per heavy atom. The zero-order valence-electron chi connectivity index (χ0n) is 40.7. The normalized spacial score (nSPS) is 38.6. The van der Waals surface area contributed by atoms with E-state index in [4.69, 9.17) is 52.1 Å². The van der Waals surface area contributed by atoms with E-state index in [1.54, 1.807) is 0 Å². The Labute approximate surface area is 391 Å². The third-order valence-corrected chi connectivity index (χ3v) is 13.7. The quantitative estimate of drug-likeness (QED) is 0.0652. The van der Waals surface area contributed by atoms with Crippen molar-refractivity contribution in [2.75, 3.05) is 13.2 Å². The number of azide groups is 1. The Balaban J connectivity index is 1.16. The Morgan fingerprint density at radius 3 is 1.86 bits per heavy atom. The number of ether oxygens (including phenoxy) is 11. The van der Waals surface area contributed by atoms with Gasteiger partial charge in [-0.15, -0.1) is 0 Å². The van der Waals surface area contributed by atoms with Gasteiger partial charge in [-0.25, -0.2) is 4.79 Å². The summed E-state index contributed by atoms with van der Waals surface area (Å²) >= 11 is 0. The largest absolute Gasteiger partial charge is 0.458 e. The number of esters is 1. The predicted octanol–water partition coefficient (Wildman–Crippen LogP) is 8.26. The second kappa shape index (κ2) is 23.9. The first-order valence-corrected chi connectivity index (χ1v) is 23.9. The Kier molecular flexibility index (Phi) is 18.9. The highest BCUT2D eigenvalue weighted by atomic mass is 16.8. The van der Waals surface area contributed by atoms with Crippen LogP contribution >= 0.6 is 0 Å². The number of aliphatic hydroxyl groups excluding tert-OH is 1. The topological polar surface area (TPSA) is 188 Å². The average Bonchev–Trinajstić information content (AvgIpc) is 3.29. The Hall–Kier alpha value is -3.22. The molecule has 4 fully saturated rings. The summed E-state index contributed by atoms with van der Waals surface area (Å²) in [7, 11) is 0. The molecule has 6 rings (SSSR count). The third kappa shape index (κ3) is 13.3. The lowest BCUT2D eigenvalue weighted by atomic mass is 9.82. The minimum Gasteiger partial charge on any atom is -0.458 e. The number of hydrogen-bond acceptors (Lipinski definition) is 14. The molecule has 16 heteroatoms. The standard InChI is InChI=1S/C50H75N3O13/c1-12-37-43(30(4)31(5)47(61-37)64-45-33(7)59-41(57-27-40(55)66-50(9,10)11)23-38(45)56-25-35-19-15-13-16-20-35)63-48-32(6)44(58-26-36-21-17-14-18-22-36)46(34(8)60-48)65-49-42(52-53-51)29(3)28(2)39(24-54)62-49/h13-22,28-34,37-39,41-49,54H,12,23-27H2,1-11H3/t28-,29-,30+,31?,32?,33?,34?,37?,38-,39?,41+,42?,43-,44-,45+,46+,47+,48-,49-/m0/s1. The van der Waals surface area contributed by atoms with E-state index in [-0.39, 0.29) is 55.0 Å².